The van der Waals surface area contributed by atoms with Crippen molar-refractivity contribution in [3.63, 3.8) is 0 Å². The van der Waals surface area contributed by atoms with E-state index in [1.807, 2.05) is 13.0 Å². The number of unbranched alkanes of at least 4 members (excludes halogenated alkanes) is 1. The molecule has 2 amide bonds. The number of amides is 2. The smallest absolute Gasteiger partial charge is 0.271 e. The van der Waals surface area contributed by atoms with Crippen molar-refractivity contribution >= 4 is 23.2 Å². The average molecular weight is 279 g/mol. The van der Waals surface area contributed by atoms with E-state index in [9.17, 15) is 9.59 Å². The average Bonchev–Trinajstić information content (AvgIpc) is 2.87. The van der Waals surface area contributed by atoms with Crippen molar-refractivity contribution in [3.05, 3.63) is 21.4 Å². The largest absolute Gasteiger partial charge is 0.273 e. The van der Waals surface area contributed by atoms with Crippen molar-refractivity contribution in [3.8, 4) is 0 Å². The van der Waals surface area contributed by atoms with Gasteiger partial charge < -0.3 is 0 Å². The summed E-state index contributed by atoms with van der Waals surface area (Å²) in [6, 6.07) is 1.84. The number of rotatable bonds is 6. The molecule has 0 aromatic carbocycles. The molecule has 3 nitrogen and oxygen atoms in total. The number of nitrogens with zero attached hydrogens (tertiary/aromatic N) is 1. The molecule has 1 aliphatic heterocycles. The molecule has 0 N–H and O–H groups in total. The highest BCUT2D eigenvalue weighted by Gasteiger charge is 2.38. The van der Waals surface area contributed by atoms with Crippen LogP contribution in [-0.4, -0.2) is 23.3 Å². The van der Waals surface area contributed by atoms with E-state index >= 15 is 0 Å². The van der Waals surface area contributed by atoms with E-state index in [0.29, 0.717) is 22.9 Å². The summed E-state index contributed by atoms with van der Waals surface area (Å²) in [4.78, 5) is 27.6. The van der Waals surface area contributed by atoms with Crippen LogP contribution in [-0.2, 0) is 0 Å². The van der Waals surface area contributed by atoms with Crippen LogP contribution in [0.2, 0.25) is 0 Å². The number of carbonyl (C=O) groups is 2. The number of aryl methyl sites for hydroxylation is 1. The Hall–Kier alpha value is -1.16. The molecule has 0 spiro atoms. The number of hydrogen-bond acceptors (Lipinski definition) is 3. The first-order chi connectivity index (χ1) is 9.08. The molecule has 0 bridgehead atoms. The van der Waals surface area contributed by atoms with Gasteiger partial charge in [-0.1, -0.05) is 33.1 Å². The molecular weight excluding hydrogens is 258 g/mol. The Morgan fingerprint density at radius 3 is 2.58 bits per heavy atom. The summed E-state index contributed by atoms with van der Waals surface area (Å²) in [5, 5.41) is 0. The van der Waals surface area contributed by atoms with Crippen LogP contribution < -0.4 is 0 Å². The van der Waals surface area contributed by atoms with E-state index in [1.54, 1.807) is 0 Å². The van der Waals surface area contributed by atoms with Gasteiger partial charge in [0.25, 0.3) is 11.8 Å². The Balaban J connectivity index is 2.09. The molecule has 0 fully saturated rings. The van der Waals surface area contributed by atoms with E-state index in [-0.39, 0.29) is 11.8 Å². The molecule has 0 aliphatic carbocycles. The first-order valence-corrected chi connectivity index (χ1v) is 7.86. The summed E-state index contributed by atoms with van der Waals surface area (Å²) in [5.41, 5.74) is 0.609. The highest BCUT2D eigenvalue weighted by atomic mass is 32.1. The Bertz CT molecular complexity index is 459. The van der Waals surface area contributed by atoms with E-state index in [4.69, 9.17) is 0 Å². The third-order valence-corrected chi connectivity index (χ3v) is 4.79. The van der Waals surface area contributed by atoms with Crippen molar-refractivity contribution in [1.82, 2.24) is 4.90 Å². The number of carbonyl (C=O) groups excluding carboxylic acids is 2. The first kappa shape index (κ1) is 14.3. The van der Waals surface area contributed by atoms with Crippen LogP contribution in [0.25, 0.3) is 0 Å². The van der Waals surface area contributed by atoms with Crippen LogP contribution in [0.4, 0.5) is 0 Å². The standard InChI is InChI=1S/C15H21NO2S/c1-4-6-7-11(5-2)9-16-14(17)12-8-10(3)19-13(12)15(16)18/h8,11H,4-7,9H2,1-3H3. The van der Waals surface area contributed by atoms with Crippen molar-refractivity contribution < 1.29 is 9.59 Å². The molecule has 1 unspecified atom stereocenters. The van der Waals surface area contributed by atoms with E-state index in [2.05, 4.69) is 13.8 Å². The molecule has 2 rings (SSSR count). The highest BCUT2D eigenvalue weighted by molar-refractivity contribution is 7.14. The third kappa shape index (κ3) is 2.73. The minimum atomic E-state index is -0.0979. The molecule has 0 saturated carbocycles. The molecule has 0 radical (unpaired) electrons. The summed E-state index contributed by atoms with van der Waals surface area (Å²) >= 11 is 1.43. The van der Waals surface area contributed by atoms with Crippen molar-refractivity contribution in [1.29, 1.82) is 0 Å². The number of imide groups is 1. The maximum atomic E-state index is 12.3. The summed E-state index contributed by atoms with van der Waals surface area (Å²) in [5.74, 6) is 0.246. The topological polar surface area (TPSA) is 37.4 Å². The Kier molecular flexibility index (Phi) is 4.40. The SMILES string of the molecule is CCCCC(CC)CN1C(=O)c2cc(C)sc2C1=O. The zero-order valence-electron chi connectivity index (χ0n) is 11.9. The van der Waals surface area contributed by atoms with E-state index in [1.165, 1.54) is 16.2 Å². The van der Waals surface area contributed by atoms with Crippen LogP contribution in [0.15, 0.2) is 6.07 Å². The van der Waals surface area contributed by atoms with Gasteiger partial charge in [-0.3, -0.25) is 14.5 Å². The quantitative estimate of drug-likeness (QED) is 0.741. The minimum absolute atomic E-state index is 0.0898. The van der Waals surface area contributed by atoms with Gasteiger partial charge in [-0.05, 0) is 25.3 Å². The number of fused-ring (bicyclic) bond motifs is 1. The van der Waals surface area contributed by atoms with Gasteiger partial charge in [0, 0.05) is 11.4 Å². The fourth-order valence-electron chi connectivity index (χ4n) is 2.53. The van der Waals surface area contributed by atoms with Gasteiger partial charge in [0.15, 0.2) is 0 Å². The van der Waals surface area contributed by atoms with Crippen LogP contribution in [0.1, 0.15) is 64.4 Å². The zero-order chi connectivity index (χ0) is 14.0. The molecule has 19 heavy (non-hydrogen) atoms. The lowest BCUT2D eigenvalue weighted by Crippen LogP contribution is -2.34. The van der Waals surface area contributed by atoms with Gasteiger partial charge in [-0.2, -0.15) is 0 Å². The Morgan fingerprint density at radius 1 is 1.26 bits per heavy atom. The van der Waals surface area contributed by atoms with Crippen molar-refractivity contribution in [2.45, 2.75) is 46.5 Å². The number of thiophene rings is 1. The Morgan fingerprint density at radius 2 is 2.00 bits per heavy atom. The van der Waals surface area contributed by atoms with Crippen LogP contribution in [0.5, 0.6) is 0 Å². The molecular formula is C15H21NO2S. The molecule has 1 aromatic heterocycles. The molecule has 1 atom stereocenters. The lowest BCUT2D eigenvalue weighted by Gasteiger charge is -2.21. The lowest BCUT2D eigenvalue weighted by molar-refractivity contribution is 0.0625. The van der Waals surface area contributed by atoms with Crippen LogP contribution in [0.3, 0.4) is 0 Å². The lowest BCUT2D eigenvalue weighted by atomic mass is 9.99. The van der Waals surface area contributed by atoms with Gasteiger partial charge >= 0.3 is 0 Å². The minimum Gasteiger partial charge on any atom is -0.273 e. The molecule has 1 aromatic rings. The zero-order valence-corrected chi connectivity index (χ0v) is 12.7. The van der Waals surface area contributed by atoms with Gasteiger partial charge in [-0.15, -0.1) is 11.3 Å². The second-order valence-electron chi connectivity index (χ2n) is 5.24. The fraction of sp³-hybridized carbons (Fsp3) is 0.600. The van der Waals surface area contributed by atoms with Gasteiger partial charge in [0.1, 0.15) is 4.88 Å². The summed E-state index contributed by atoms with van der Waals surface area (Å²) in [6.07, 6.45) is 4.43. The summed E-state index contributed by atoms with van der Waals surface area (Å²) < 4.78 is 0. The van der Waals surface area contributed by atoms with Crippen LogP contribution in [0, 0.1) is 12.8 Å². The predicted molar refractivity (Wildman–Crippen MR) is 77.7 cm³/mol. The second-order valence-corrected chi connectivity index (χ2v) is 6.49. The second kappa shape index (κ2) is 5.87. The molecule has 4 heteroatoms. The molecule has 0 saturated heterocycles. The van der Waals surface area contributed by atoms with Crippen LogP contribution >= 0.6 is 11.3 Å². The monoisotopic (exact) mass is 279 g/mol. The van der Waals surface area contributed by atoms with E-state index < -0.39 is 0 Å². The van der Waals surface area contributed by atoms with Gasteiger partial charge in [0.2, 0.25) is 0 Å². The Labute approximate surface area is 118 Å². The maximum Gasteiger partial charge on any atom is 0.271 e. The van der Waals surface area contributed by atoms with E-state index in [0.717, 1.165) is 30.6 Å². The number of hydrogen-bond donors (Lipinski definition) is 0. The fourth-order valence-corrected chi connectivity index (χ4v) is 3.49. The van der Waals surface area contributed by atoms with Crippen molar-refractivity contribution in [2.24, 2.45) is 5.92 Å². The summed E-state index contributed by atoms with van der Waals surface area (Å²) in [7, 11) is 0. The molecule has 1 aliphatic rings. The van der Waals surface area contributed by atoms with Gasteiger partial charge in [-0.25, -0.2) is 0 Å². The molecule has 104 valence electrons. The maximum absolute atomic E-state index is 12.3. The predicted octanol–water partition coefficient (Wildman–Crippen LogP) is 3.87. The van der Waals surface area contributed by atoms with Crippen molar-refractivity contribution in [2.75, 3.05) is 6.54 Å². The highest BCUT2D eigenvalue weighted by Crippen LogP contribution is 2.31. The third-order valence-electron chi connectivity index (χ3n) is 3.75. The molecule has 2 heterocycles. The summed E-state index contributed by atoms with van der Waals surface area (Å²) in [6.45, 7) is 6.81. The first-order valence-electron chi connectivity index (χ1n) is 7.05. The van der Waals surface area contributed by atoms with Gasteiger partial charge in [0.05, 0.1) is 5.56 Å². The normalized spacial score (nSPS) is 16.1.